The van der Waals surface area contributed by atoms with E-state index < -0.39 is 0 Å². The van der Waals surface area contributed by atoms with Crippen LogP contribution in [-0.2, 0) is 10.5 Å². The number of hydrogen-bond donors (Lipinski definition) is 1. The molecule has 2 aromatic carbocycles. The van der Waals surface area contributed by atoms with Crippen LogP contribution in [0.15, 0.2) is 64.4 Å². The molecule has 7 nitrogen and oxygen atoms in total. The summed E-state index contributed by atoms with van der Waals surface area (Å²) >= 11 is 7.80. The first-order chi connectivity index (χ1) is 15.6. The smallest absolute Gasteiger partial charge is 0.227 e. The number of nitrogens with one attached hydrogen (secondary N) is 1. The molecule has 1 aliphatic carbocycles. The molecule has 0 bridgehead atoms. The molecule has 1 N–H and O–H groups in total. The number of halogens is 1. The predicted octanol–water partition coefficient (Wildman–Crippen LogP) is 5.70. The van der Waals surface area contributed by atoms with Crippen molar-refractivity contribution >= 4 is 35.0 Å². The van der Waals surface area contributed by atoms with Gasteiger partial charge in [-0.05, 0) is 43.2 Å². The first kappa shape index (κ1) is 20.8. The molecule has 0 atom stereocenters. The number of nitrogens with zero attached hydrogens (tertiary/aromatic N) is 4. The molecule has 0 unspecified atom stereocenters. The summed E-state index contributed by atoms with van der Waals surface area (Å²) in [5.41, 5.74) is 3.21. The predicted molar refractivity (Wildman–Crippen MR) is 124 cm³/mol. The van der Waals surface area contributed by atoms with Crippen molar-refractivity contribution < 1.29 is 9.21 Å². The molecule has 5 rings (SSSR count). The van der Waals surface area contributed by atoms with Crippen LogP contribution < -0.4 is 5.32 Å². The number of aromatic nitrogens is 4. The van der Waals surface area contributed by atoms with Gasteiger partial charge in [-0.3, -0.25) is 9.36 Å². The Bertz CT molecular complexity index is 1280. The second kappa shape index (κ2) is 8.80. The summed E-state index contributed by atoms with van der Waals surface area (Å²) in [7, 11) is 0. The minimum atomic E-state index is -0.108. The summed E-state index contributed by atoms with van der Waals surface area (Å²) in [6.07, 6.45) is 3.86. The van der Waals surface area contributed by atoms with Gasteiger partial charge >= 0.3 is 0 Å². The van der Waals surface area contributed by atoms with E-state index in [1.54, 1.807) is 6.26 Å². The van der Waals surface area contributed by atoms with Gasteiger partial charge in [-0.2, -0.15) is 0 Å². The van der Waals surface area contributed by atoms with E-state index in [1.165, 1.54) is 18.7 Å². The average molecular weight is 466 g/mol. The number of anilines is 1. The van der Waals surface area contributed by atoms with Crippen LogP contribution in [-0.4, -0.2) is 25.7 Å². The SMILES string of the molecule is CC(=O)Nc1cccc(-n2c(SCc3coc(-c4ccccc4Cl)n3)nnc2C2CC2)c1. The van der Waals surface area contributed by atoms with Gasteiger partial charge in [0.1, 0.15) is 12.1 Å². The van der Waals surface area contributed by atoms with Crippen LogP contribution in [0.3, 0.4) is 0 Å². The molecular formula is C23H20ClN5O2S. The lowest BCUT2D eigenvalue weighted by molar-refractivity contribution is -0.114. The number of thioether (sulfide) groups is 1. The summed E-state index contributed by atoms with van der Waals surface area (Å²) < 4.78 is 7.72. The van der Waals surface area contributed by atoms with Crippen molar-refractivity contribution in [1.82, 2.24) is 19.7 Å². The van der Waals surface area contributed by atoms with Crippen molar-refractivity contribution in [3.63, 3.8) is 0 Å². The van der Waals surface area contributed by atoms with E-state index in [0.717, 1.165) is 46.5 Å². The minimum absolute atomic E-state index is 0.108. The van der Waals surface area contributed by atoms with Crippen LogP contribution in [0.2, 0.25) is 5.02 Å². The van der Waals surface area contributed by atoms with Gasteiger partial charge < -0.3 is 9.73 Å². The number of benzene rings is 2. The van der Waals surface area contributed by atoms with Gasteiger partial charge in [0.2, 0.25) is 11.8 Å². The van der Waals surface area contributed by atoms with Crippen LogP contribution in [0.4, 0.5) is 5.69 Å². The van der Waals surface area contributed by atoms with E-state index >= 15 is 0 Å². The summed E-state index contributed by atoms with van der Waals surface area (Å²) in [4.78, 5) is 16.1. The highest BCUT2D eigenvalue weighted by atomic mass is 35.5. The van der Waals surface area contributed by atoms with Crippen molar-refractivity contribution in [2.75, 3.05) is 5.32 Å². The molecule has 0 aliphatic heterocycles. The van der Waals surface area contributed by atoms with Gasteiger partial charge in [0, 0.05) is 24.3 Å². The van der Waals surface area contributed by atoms with Gasteiger partial charge in [-0.1, -0.05) is 41.6 Å². The maximum Gasteiger partial charge on any atom is 0.227 e. The van der Waals surface area contributed by atoms with E-state index in [0.29, 0.717) is 22.6 Å². The monoisotopic (exact) mass is 465 g/mol. The second-order valence-electron chi connectivity index (χ2n) is 7.59. The fourth-order valence-electron chi connectivity index (χ4n) is 3.42. The Morgan fingerprint density at radius 1 is 1.22 bits per heavy atom. The number of oxazole rings is 1. The third kappa shape index (κ3) is 4.42. The van der Waals surface area contributed by atoms with Gasteiger partial charge in [-0.15, -0.1) is 10.2 Å². The average Bonchev–Trinajstić information content (AvgIpc) is 3.36. The lowest BCUT2D eigenvalue weighted by Gasteiger charge is -2.11. The van der Waals surface area contributed by atoms with Crippen LogP contribution in [0, 0.1) is 0 Å². The summed E-state index contributed by atoms with van der Waals surface area (Å²) in [6.45, 7) is 1.50. The highest BCUT2D eigenvalue weighted by molar-refractivity contribution is 7.98. The summed E-state index contributed by atoms with van der Waals surface area (Å²) in [5.74, 6) is 2.32. The standard InChI is InChI=1S/C23H20ClN5O2S/c1-14(30)25-16-5-4-6-18(11-16)29-21(15-9-10-15)27-28-23(29)32-13-17-12-31-22(26-17)19-7-2-3-8-20(19)24/h2-8,11-12,15H,9-10,13H2,1H3,(H,25,30). The third-order valence-electron chi connectivity index (χ3n) is 5.03. The van der Waals surface area contributed by atoms with Crippen molar-refractivity contribution in [2.24, 2.45) is 0 Å². The fraction of sp³-hybridized carbons (Fsp3) is 0.217. The quantitative estimate of drug-likeness (QED) is 0.352. The maximum absolute atomic E-state index is 11.5. The Morgan fingerprint density at radius 3 is 2.84 bits per heavy atom. The Kier molecular flexibility index (Phi) is 5.71. The second-order valence-corrected chi connectivity index (χ2v) is 8.94. The highest BCUT2D eigenvalue weighted by Crippen LogP contribution is 2.41. The number of rotatable bonds is 7. The van der Waals surface area contributed by atoms with Crippen LogP contribution in [0.5, 0.6) is 0 Å². The Balaban J connectivity index is 1.40. The lowest BCUT2D eigenvalue weighted by atomic mass is 10.2. The zero-order valence-corrected chi connectivity index (χ0v) is 18.9. The molecule has 0 radical (unpaired) electrons. The lowest BCUT2D eigenvalue weighted by Crippen LogP contribution is -2.07. The molecule has 1 amide bonds. The molecule has 2 heterocycles. The van der Waals surface area contributed by atoms with E-state index in [9.17, 15) is 4.79 Å². The first-order valence-electron chi connectivity index (χ1n) is 10.2. The fourth-order valence-corrected chi connectivity index (χ4v) is 4.47. The number of carbonyl (C=O) groups excluding carboxylic acids is 1. The largest absolute Gasteiger partial charge is 0.444 e. The Morgan fingerprint density at radius 2 is 2.06 bits per heavy atom. The number of amides is 1. The van der Waals surface area contributed by atoms with Crippen LogP contribution in [0.25, 0.3) is 17.1 Å². The molecule has 0 saturated heterocycles. The molecule has 0 spiro atoms. The highest BCUT2D eigenvalue weighted by Gasteiger charge is 2.31. The molecule has 32 heavy (non-hydrogen) atoms. The number of hydrogen-bond acceptors (Lipinski definition) is 6. The van der Waals surface area contributed by atoms with Crippen molar-refractivity contribution in [2.45, 2.75) is 36.6 Å². The molecule has 2 aromatic heterocycles. The molecule has 1 saturated carbocycles. The van der Waals surface area contributed by atoms with E-state index in [-0.39, 0.29) is 5.91 Å². The molecule has 1 fully saturated rings. The van der Waals surface area contributed by atoms with Crippen molar-refractivity contribution in [3.8, 4) is 17.1 Å². The van der Waals surface area contributed by atoms with Gasteiger partial charge in [0.15, 0.2) is 5.16 Å². The van der Waals surface area contributed by atoms with Crippen molar-refractivity contribution in [3.05, 3.63) is 71.3 Å². The van der Waals surface area contributed by atoms with Gasteiger partial charge in [0.05, 0.1) is 22.0 Å². The molecule has 1 aliphatic rings. The summed E-state index contributed by atoms with van der Waals surface area (Å²) in [5, 5.41) is 13.1. The molecule has 162 valence electrons. The molecule has 4 aromatic rings. The Hall–Kier alpha value is -3.10. The first-order valence-corrected chi connectivity index (χ1v) is 11.6. The van der Waals surface area contributed by atoms with E-state index in [2.05, 4.69) is 25.1 Å². The maximum atomic E-state index is 11.5. The molecule has 9 heteroatoms. The summed E-state index contributed by atoms with van der Waals surface area (Å²) in [6, 6.07) is 15.2. The topological polar surface area (TPSA) is 85.8 Å². The van der Waals surface area contributed by atoms with Crippen LogP contribution >= 0.6 is 23.4 Å². The normalized spacial score (nSPS) is 13.3. The Labute approximate surface area is 194 Å². The van der Waals surface area contributed by atoms with E-state index in [4.69, 9.17) is 16.0 Å². The van der Waals surface area contributed by atoms with Gasteiger partial charge in [0.25, 0.3) is 0 Å². The number of carbonyl (C=O) groups is 1. The van der Waals surface area contributed by atoms with Crippen molar-refractivity contribution in [1.29, 1.82) is 0 Å². The minimum Gasteiger partial charge on any atom is -0.444 e. The zero-order valence-electron chi connectivity index (χ0n) is 17.3. The third-order valence-corrected chi connectivity index (χ3v) is 6.32. The van der Waals surface area contributed by atoms with Crippen LogP contribution in [0.1, 0.15) is 37.2 Å². The zero-order chi connectivity index (χ0) is 22.1. The molecular weight excluding hydrogens is 446 g/mol. The van der Waals surface area contributed by atoms with E-state index in [1.807, 2.05) is 48.5 Å². The van der Waals surface area contributed by atoms with Gasteiger partial charge in [-0.25, -0.2) is 4.98 Å².